The van der Waals surface area contributed by atoms with Gasteiger partial charge < -0.3 is 4.89 Å². The molecule has 0 unspecified atom stereocenters. The van der Waals surface area contributed by atoms with Crippen molar-refractivity contribution in [3.05, 3.63) is 12.3 Å². The fraction of sp³-hybridized carbons (Fsp3) is 0.333. The van der Waals surface area contributed by atoms with Crippen molar-refractivity contribution in [3.8, 4) is 0 Å². The summed E-state index contributed by atoms with van der Waals surface area (Å²) in [7, 11) is 0. The molecule has 0 aromatic carbocycles. The second-order valence-electron chi connectivity index (χ2n) is 0.821. The molecule has 1 aliphatic rings. The predicted octanol–water partition coefficient (Wildman–Crippen LogP) is 0.391. The molecule has 0 N–H and O–H groups in total. The Morgan fingerprint density at radius 1 is 1.43 bits per heavy atom. The molecular weight excluding hydrogens is 180 g/mol. The first-order chi connectivity index (χ1) is 3.00. The van der Waals surface area contributed by atoms with E-state index in [9.17, 15) is 0 Å². The average Bonchev–Trinajstić information content (AvgIpc) is 1.72. The SMILES string of the molecule is C1=COOOC1.[Mo]. The Hall–Kier alpha value is 0.148. The summed E-state index contributed by atoms with van der Waals surface area (Å²) >= 11 is 0. The van der Waals surface area contributed by atoms with Crippen molar-refractivity contribution in [2.45, 2.75) is 0 Å². The van der Waals surface area contributed by atoms with Gasteiger partial charge in [0.1, 0.15) is 12.9 Å². The zero-order valence-electron chi connectivity index (χ0n) is 3.49. The summed E-state index contributed by atoms with van der Waals surface area (Å²) in [6, 6.07) is 0. The van der Waals surface area contributed by atoms with E-state index in [1.807, 2.05) is 0 Å². The number of hydrogen-bond donors (Lipinski definition) is 0. The zero-order valence-corrected chi connectivity index (χ0v) is 5.50. The summed E-state index contributed by atoms with van der Waals surface area (Å²) in [6.45, 7) is 0.472. The fourth-order valence-electron chi connectivity index (χ4n) is 0.196. The summed E-state index contributed by atoms with van der Waals surface area (Å²) in [4.78, 5) is 8.43. The van der Waals surface area contributed by atoms with Crippen LogP contribution in [0.2, 0.25) is 0 Å². The second kappa shape index (κ2) is 4.31. The van der Waals surface area contributed by atoms with Crippen LogP contribution in [0.3, 0.4) is 0 Å². The molecule has 0 aromatic rings. The van der Waals surface area contributed by atoms with Gasteiger partial charge in [0.05, 0.1) is 0 Å². The normalized spacial score (nSPS) is 17.1. The molecule has 0 aromatic heterocycles. The number of rotatable bonds is 0. The van der Waals surface area contributed by atoms with Gasteiger partial charge in [0.15, 0.2) is 0 Å². The summed E-state index contributed by atoms with van der Waals surface area (Å²) < 4.78 is 0. The van der Waals surface area contributed by atoms with E-state index in [2.05, 4.69) is 14.8 Å². The van der Waals surface area contributed by atoms with Crippen LogP contribution in [0.1, 0.15) is 0 Å². The molecule has 0 radical (unpaired) electrons. The summed E-state index contributed by atoms with van der Waals surface area (Å²) in [5.41, 5.74) is 0. The van der Waals surface area contributed by atoms with E-state index < -0.39 is 0 Å². The fourth-order valence-corrected chi connectivity index (χ4v) is 0.196. The predicted molar refractivity (Wildman–Crippen MR) is 17.3 cm³/mol. The maximum Gasteiger partial charge on any atom is 0.131 e. The Kier molecular flexibility index (Phi) is 4.40. The molecule has 0 saturated heterocycles. The minimum Gasteiger partial charge on any atom is -0.317 e. The molecule has 0 amide bonds. The van der Waals surface area contributed by atoms with E-state index >= 15 is 0 Å². The van der Waals surface area contributed by atoms with Gasteiger partial charge in [0.2, 0.25) is 0 Å². The smallest absolute Gasteiger partial charge is 0.131 e. The van der Waals surface area contributed by atoms with Gasteiger partial charge in [-0.3, -0.25) is 0 Å². The van der Waals surface area contributed by atoms with Crippen molar-refractivity contribution in [3.63, 3.8) is 0 Å². The zero-order chi connectivity index (χ0) is 4.24. The van der Waals surface area contributed by atoms with Crippen LogP contribution < -0.4 is 0 Å². The standard InChI is InChI=1S/C3H4O3.Mo/c1-2-4-6-5-3-1;/h1-2H,3H2;. The van der Waals surface area contributed by atoms with Crippen molar-refractivity contribution < 1.29 is 35.9 Å². The van der Waals surface area contributed by atoms with Crippen molar-refractivity contribution in [2.24, 2.45) is 0 Å². The van der Waals surface area contributed by atoms with E-state index in [1.54, 1.807) is 6.08 Å². The van der Waals surface area contributed by atoms with Crippen LogP contribution in [-0.2, 0) is 35.9 Å². The molecule has 0 atom stereocenters. The van der Waals surface area contributed by atoms with Gasteiger partial charge >= 0.3 is 0 Å². The molecule has 0 aliphatic carbocycles. The van der Waals surface area contributed by atoms with Gasteiger partial charge in [0.25, 0.3) is 0 Å². The van der Waals surface area contributed by atoms with Crippen LogP contribution in [0.25, 0.3) is 0 Å². The third kappa shape index (κ3) is 2.80. The summed E-state index contributed by atoms with van der Waals surface area (Å²) in [5, 5.41) is 3.98. The van der Waals surface area contributed by atoms with Crippen molar-refractivity contribution in [1.29, 1.82) is 0 Å². The maximum absolute atomic E-state index is 4.26. The third-order valence-corrected chi connectivity index (χ3v) is 0.403. The van der Waals surface area contributed by atoms with Crippen molar-refractivity contribution in [2.75, 3.05) is 6.61 Å². The van der Waals surface area contributed by atoms with Gasteiger partial charge in [-0.25, -0.2) is 0 Å². The molecule has 0 spiro atoms. The van der Waals surface area contributed by atoms with Crippen LogP contribution in [-0.4, -0.2) is 6.61 Å². The van der Waals surface area contributed by atoms with Gasteiger partial charge in [-0.2, -0.15) is 4.89 Å². The first kappa shape index (κ1) is 7.15. The van der Waals surface area contributed by atoms with E-state index in [4.69, 9.17) is 0 Å². The summed E-state index contributed by atoms with van der Waals surface area (Å²) in [6.07, 6.45) is 3.12. The van der Waals surface area contributed by atoms with E-state index in [0.717, 1.165) is 0 Å². The largest absolute Gasteiger partial charge is 0.317 e. The Bertz CT molecular complexity index is 55.2. The molecule has 0 saturated carbocycles. The maximum atomic E-state index is 4.26. The second-order valence-corrected chi connectivity index (χ2v) is 0.821. The van der Waals surface area contributed by atoms with Gasteiger partial charge in [0, 0.05) is 21.1 Å². The number of hydrogen-bond acceptors (Lipinski definition) is 3. The van der Waals surface area contributed by atoms with E-state index in [-0.39, 0.29) is 21.1 Å². The average molecular weight is 184 g/mol. The molecule has 40 valence electrons. The van der Waals surface area contributed by atoms with Gasteiger partial charge in [-0.05, 0) is 11.1 Å². The van der Waals surface area contributed by atoms with Gasteiger partial charge in [-0.1, -0.05) is 0 Å². The molecular formula is C3H4MoO3. The van der Waals surface area contributed by atoms with Crippen molar-refractivity contribution in [1.82, 2.24) is 0 Å². The van der Waals surface area contributed by atoms with Crippen LogP contribution in [0, 0.1) is 0 Å². The molecule has 3 nitrogen and oxygen atoms in total. The van der Waals surface area contributed by atoms with Crippen molar-refractivity contribution >= 4 is 0 Å². The monoisotopic (exact) mass is 186 g/mol. The molecule has 1 rings (SSSR count). The Morgan fingerprint density at radius 3 is 2.43 bits per heavy atom. The minimum atomic E-state index is 0. The molecule has 0 fully saturated rings. The van der Waals surface area contributed by atoms with Crippen LogP contribution in [0.4, 0.5) is 0 Å². The topological polar surface area (TPSA) is 27.7 Å². The molecule has 0 bridgehead atoms. The van der Waals surface area contributed by atoms with Crippen LogP contribution in [0.15, 0.2) is 12.3 Å². The Balaban J connectivity index is 0.000000360. The van der Waals surface area contributed by atoms with E-state index in [1.165, 1.54) is 6.26 Å². The molecule has 7 heavy (non-hydrogen) atoms. The minimum absolute atomic E-state index is 0. The quantitative estimate of drug-likeness (QED) is 0.402. The molecule has 1 aliphatic heterocycles. The van der Waals surface area contributed by atoms with Crippen LogP contribution in [0.5, 0.6) is 0 Å². The summed E-state index contributed by atoms with van der Waals surface area (Å²) in [5.74, 6) is 0. The Labute approximate surface area is 55.4 Å². The van der Waals surface area contributed by atoms with Gasteiger partial charge in [-0.15, -0.1) is 0 Å². The molecule has 1 heterocycles. The first-order valence-electron chi connectivity index (χ1n) is 1.60. The Morgan fingerprint density at radius 2 is 2.29 bits per heavy atom. The first-order valence-corrected chi connectivity index (χ1v) is 1.60. The van der Waals surface area contributed by atoms with E-state index in [0.29, 0.717) is 6.61 Å². The third-order valence-electron chi connectivity index (χ3n) is 0.403. The molecule has 4 heteroatoms. The van der Waals surface area contributed by atoms with Crippen LogP contribution >= 0.6 is 0 Å².